The number of piperidine rings is 1. The molecule has 2 aliphatic heterocycles. The van der Waals surface area contributed by atoms with Crippen molar-refractivity contribution in [1.29, 1.82) is 0 Å². The quantitative estimate of drug-likeness (QED) is 0.788. The summed E-state index contributed by atoms with van der Waals surface area (Å²) in [7, 11) is 1.74. The molecule has 3 heterocycles. The van der Waals surface area contributed by atoms with Gasteiger partial charge in [0.15, 0.2) is 0 Å². The number of amides is 1. The van der Waals surface area contributed by atoms with Crippen molar-refractivity contribution in [3.8, 4) is 0 Å². The molecule has 4 rings (SSSR count). The topological polar surface area (TPSA) is 65.9 Å². The van der Waals surface area contributed by atoms with Gasteiger partial charge in [-0.2, -0.15) is 0 Å². The van der Waals surface area contributed by atoms with Crippen molar-refractivity contribution in [3.05, 3.63) is 65.7 Å². The number of aliphatic hydroxyl groups is 1. The van der Waals surface area contributed by atoms with Crippen LogP contribution in [0, 0.1) is 5.82 Å². The maximum absolute atomic E-state index is 13.4. The van der Waals surface area contributed by atoms with Gasteiger partial charge < -0.3 is 14.7 Å². The molecular weight excluding hydrogens is 385 g/mol. The van der Waals surface area contributed by atoms with E-state index in [0.29, 0.717) is 25.9 Å². The molecule has 2 saturated heterocycles. The number of halogens is 1. The fraction of sp³-hybridized carbons (Fsp3) is 0.478. The number of carbonyl (C=O) groups is 1. The minimum atomic E-state index is -0.632. The van der Waals surface area contributed by atoms with E-state index in [4.69, 9.17) is 4.74 Å². The first-order chi connectivity index (χ1) is 14.5. The van der Waals surface area contributed by atoms with Crippen LogP contribution in [0.3, 0.4) is 0 Å². The highest BCUT2D eigenvalue weighted by Crippen LogP contribution is 2.43. The highest BCUT2D eigenvalue weighted by molar-refractivity contribution is 5.69. The first kappa shape index (κ1) is 20.8. The van der Waals surface area contributed by atoms with E-state index in [9.17, 15) is 14.3 Å². The number of hydrogen-bond donors (Lipinski definition) is 1. The van der Waals surface area contributed by atoms with E-state index in [2.05, 4.69) is 9.88 Å². The zero-order chi connectivity index (χ0) is 21.1. The molecule has 2 fully saturated rings. The fourth-order valence-corrected chi connectivity index (χ4v) is 4.76. The van der Waals surface area contributed by atoms with Crippen LogP contribution in [0.2, 0.25) is 0 Å². The number of likely N-dealkylation sites (tertiary alicyclic amines) is 1. The van der Waals surface area contributed by atoms with Gasteiger partial charge in [-0.3, -0.25) is 9.88 Å². The van der Waals surface area contributed by atoms with E-state index >= 15 is 0 Å². The van der Waals surface area contributed by atoms with Crippen molar-refractivity contribution in [1.82, 2.24) is 14.8 Å². The van der Waals surface area contributed by atoms with E-state index < -0.39 is 5.54 Å². The lowest BCUT2D eigenvalue weighted by atomic mass is 9.75. The summed E-state index contributed by atoms with van der Waals surface area (Å²) in [4.78, 5) is 20.1. The van der Waals surface area contributed by atoms with Gasteiger partial charge in [-0.05, 0) is 61.6 Å². The number of carbonyl (C=O) groups excluding carboxylic acids is 1. The number of likely N-dealkylation sites (N-methyl/N-ethyl adjacent to an activating group) is 1. The molecule has 6 nitrogen and oxygen atoms in total. The molecule has 0 bridgehead atoms. The van der Waals surface area contributed by atoms with Gasteiger partial charge in [0.2, 0.25) is 0 Å². The molecule has 0 aliphatic carbocycles. The van der Waals surface area contributed by atoms with Crippen LogP contribution in [-0.4, -0.2) is 65.4 Å². The van der Waals surface area contributed by atoms with E-state index in [-0.39, 0.29) is 30.5 Å². The summed E-state index contributed by atoms with van der Waals surface area (Å²) in [5.74, 6) is -0.0446. The Balaban J connectivity index is 1.57. The molecule has 30 heavy (non-hydrogen) atoms. The van der Waals surface area contributed by atoms with Gasteiger partial charge >= 0.3 is 6.09 Å². The van der Waals surface area contributed by atoms with E-state index in [0.717, 1.165) is 24.2 Å². The van der Waals surface area contributed by atoms with Crippen LogP contribution in [0.25, 0.3) is 0 Å². The molecule has 3 atom stereocenters. The summed E-state index contributed by atoms with van der Waals surface area (Å²) in [6, 6.07) is 12.4. The van der Waals surface area contributed by atoms with Crippen molar-refractivity contribution in [3.63, 3.8) is 0 Å². The van der Waals surface area contributed by atoms with Crippen LogP contribution in [-0.2, 0) is 10.3 Å². The van der Waals surface area contributed by atoms with Gasteiger partial charge in [0, 0.05) is 19.8 Å². The normalized spacial score (nSPS) is 27.3. The Morgan fingerprint density at radius 1 is 1.27 bits per heavy atom. The first-order valence-corrected chi connectivity index (χ1v) is 10.5. The molecule has 3 unspecified atom stereocenters. The second-order valence-electron chi connectivity index (χ2n) is 8.31. The molecule has 0 radical (unpaired) electrons. The lowest BCUT2D eigenvalue weighted by Crippen LogP contribution is -2.54. The summed E-state index contributed by atoms with van der Waals surface area (Å²) in [6.45, 7) is 1.99. The Hall–Kier alpha value is -2.51. The maximum atomic E-state index is 13.4. The Morgan fingerprint density at radius 3 is 2.70 bits per heavy atom. The lowest BCUT2D eigenvalue weighted by Gasteiger charge is -2.49. The third-order valence-corrected chi connectivity index (χ3v) is 6.46. The number of hydrogen-bond acceptors (Lipinski definition) is 5. The number of benzene rings is 1. The summed E-state index contributed by atoms with van der Waals surface area (Å²) in [5.41, 5.74) is 1.28. The minimum absolute atomic E-state index is 0.0634. The molecular formula is C23H28FN3O3. The third kappa shape index (κ3) is 4.04. The second-order valence-corrected chi connectivity index (χ2v) is 8.31. The van der Waals surface area contributed by atoms with Crippen LogP contribution in [0.15, 0.2) is 48.7 Å². The van der Waals surface area contributed by atoms with E-state index in [1.807, 2.05) is 30.3 Å². The molecule has 160 valence electrons. The van der Waals surface area contributed by atoms with Crippen LogP contribution in [0.1, 0.15) is 36.4 Å². The number of cyclic esters (lactones) is 1. The van der Waals surface area contributed by atoms with Gasteiger partial charge in [-0.15, -0.1) is 0 Å². The zero-order valence-corrected chi connectivity index (χ0v) is 17.2. The molecule has 1 N–H and O–H groups in total. The van der Waals surface area contributed by atoms with E-state index in [1.54, 1.807) is 18.1 Å². The minimum Gasteiger partial charge on any atom is -0.444 e. The van der Waals surface area contributed by atoms with Crippen molar-refractivity contribution in [2.75, 3.05) is 33.3 Å². The number of aliphatic hydroxyl groups excluding tert-OH is 1. The zero-order valence-electron chi connectivity index (χ0n) is 17.2. The monoisotopic (exact) mass is 413 g/mol. The van der Waals surface area contributed by atoms with Gasteiger partial charge in [-0.1, -0.05) is 18.2 Å². The Bertz CT molecular complexity index is 864. The molecule has 1 aromatic carbocycles. The molecule has 2 aromatic rings. The van der Waals surface area contributed by atoms with Gasteiger partial charge in [0.25, 0.3) is 0 Å². The molecule has 1 aromatic heterocycles. The first-order valence-electron chi connectivity index (χ1n) is 10.5. The van der Waals surface area contributed by atoms with Crippen LogP contribution in [0.5, 0.6) is 0 Å². The average Bonchev–Trinajstić information content (AvgIpc) is 3.10. The predicted octanol–water partition coefficient (Wildman–Crippen LogP) is 3.13. The average molecular weight is 413 g/mol. The largest absolute Gasteiger partial charge is 0.444 e. The molecule has 1 amide bonds. The number of aromatic nitrogens is 1. The molecule has 7 heteroatoms. The molecule has 0 spiro atoms. The van der Waals surface area contributed by atoms with Crippen molar-refractivity contribution in [2.45, 2.75) is 36.8 Å². The SMILES string of the molecule is CN1CC(CCN2CCC(c3ccc(F)cc3)CC2(CO)c2ccccn2)OC1=O. The van der Waals surface area contributed by atoms with Crippen molar-refractivity contribution < 1.29 is 19.0 Å². The van der Waals surface area contributed by atoms with Gasteiger partial charge in [0.05, 0.1) is 24.4 Å². The summed E-state index contributed by atoms with van der Waals surface area (Å²) < 4.78 is 18.8. The third-order valence-electron chi connectivity index (χ3n) is 6.46. The molecule has 2 aliphatic rings. The number of pyridine rings is 1. The second kappa shape index (κ2) is 8.70. The van der Waals surface area contributed by atoms with Crippen LogP contribution in [0.4, 0.5) is 9.18 Å². The number of rotatable bonds is 6. The summed E-state index contributed by atoms with van der Waals surface area (Å²) in [6.07, 6.45) is 3.62. The van der Waals surface area contributed by atoms with Crippen molar-refractivity contribution >= 4 is 6.09 Å². The number of ether oxygens (including phenoxy) is 1. The Kier molecular flexibility index (Phi) is 6.01. The summed E-state index contributed by atoms with van der Waals surface area (Å²) in [5, 5.41) is 10.6. The highest BCUT2D eigenvalue weighted by atomic mass is 19.1. The Labute approximate surface area is 176 Å². The smallest absolute Gasteiger partial charge is 0.409 e. The summed E-state index contributed by atoms with van der Waals surface area (Å²) >= 11 is 0. The fourth-order valence-electron chi connectivity index (χ4n) is 4.76. The van der Waals surface area contributed by atoms with Crippen LogP contribution < -0.4 is 0 Å². The number of nitrogens with zero attached hydrogens (tertiary/aromatic N) is 3. The van der Waals surface area contributed by atoms with Gasteiger partial charge in [-0.25, -0.2) is 9.18 Å². The standard InChI is InChI=1S/C23H28FN3O3/c1-26-15-20(30-22(26)29)10-13-27-12-9-18(17-5-7-19(24)8-6-17)14-23(27,16-28)21-4-2-3-11-25-21/h2-8,11,18,20,28H,9-10,12-16H2,1H3. The Morgan fingerprint density at radius 2 is 2.07 bits per heavy atom. The maximum Gasteiger partial charge on any atom is 0.409 e. The predicted molar refractivity (Wildman–Crippen MR) is 110 cm³/mol. The van der Waals surface area contributed by atoms with Crippen LogP contribution >= 0.6 is 0 Å². The van der Waals surface area contributed by atoms with Gasteiger partial charge in [0.1, 0.15) is 11.9 Å². The van der Waals surface area contributed by atoms with E-state index in [1.165, 1.54) is 12.1 Å². The lowest BCUT2D eigenvalue weighted by molar-refractivity contribution is -0.0223. The molecule has 0 saturated carbocycles. The highest BCUT2D eigenvalue weighted by Gasteiger charge is 2.45. The van der Waals surface area contributed by atoms with Crippen molar-refractivity contribution in [2.24, 2.45) is 0 Å².